The quantitative estimate of drug-likeness (QED) is 0.326. The number of anilines is 2. The summed E-state index contributed by atoms with van der Waals surface area (Å²) in [5.74, 6) is -3.83. The van der Waals surface area contributed by atoms with Gasteiger partial charge in [0.25, 0.3) is 0 Å². The minimum Gasteiger partial charge on any atom is -0.325 e. The lowest BCUT2D eigenvalue weighted by Gasteiger charge is -2.37. The minimum atomic E-state index is -1.71. The lowest BCUT2D eigenvalue weighted by atomic mass is 9.62. The number of halogens is 4. The number of hydrogen-bond donors (Lipinski definition) is 3. The summed E-state index contributed by atoms with van der Waals surface area (Å²) in [4.78, 5) is 28.0. The first-order chi connectivity index (χ1) is 18.9. The minimum absolute atomic E-state index is 0.00809. The molecule has 0 radical (unpaired) electrons. The SMILES string of the molecule is CC(C)(C)C[C@@H]1N[C@@H](C(=O)Nc2ccc(C#N)cc2)[C@@H](c2cccc(Cl)c2F)C12C(=O)Nc1cc(Cl)cc(F)c12. The van der Waals surface area contributed by atoms with E-state index in [4.69, 9.17) is 28.5 Å². The number of nitrogens with zero attached hydrogens (tertiary/aromatic N) is 1. The van der Waals surface area contributed by atoms with E-state index < -0.39 is 46.9 Å². The molecule has 1 spiro atoms. The molecule has 10 heteroatoms. The monoisotopic (exact) mass is 582 g/mol. The van der Waals surface area contributed by atoms with Crippen molar-refractivity contribution in [3.8, 4) is 6.07 Å². The Morgan fingerprint density at radius 3 is 2.48 bits per heavy atom. The molecule has 1 saturated heterocycles. The summed E-state index contributed by atoms with van der Waals surface area (Å²) >= 11 is 12.3. The third kappa shape index (κ3) is 4.62. The molecule has 2 heterocycles. The van der Waals surface area contributed by atoms with Crippen molar-refractivity contribution in [1.82, 2.24) is 5.32 Å². The zero-order chi connectivity index (χ0) is 29.0. The van der Waals surface area contributed by atoms with Gasteiger partial charge in [0.2, 0.25) is 11.8 Å². The molecule has 0 bridgehead atoms. The van der Waals surface area contributed by atoms with Gasteiger partial charge in [-0.3, -0.25) is 9.59 Å². The van der Waals surface area contributed by atoms with Crippen LogP contribution >= 0.6 is 23.2 Å². The van der Waals surface area contributed by atoms with E-state index in [9.17, 15) is 9.59 Å². The summed E-state index contributed by atoms with van der Waals surface area (Å²) in [6.45, 7) is 5.90. The van der Waals surface area contributed by atoms with Gasteiger partial charge in [-0.25, -0.2) is 8.78 Å². The summed E-state index contributed by atoms with van der Waals surface area (Å²) in [5.41, 5.74) is -1.05. The molecule has 3 N–H and O–H groups in total. The van der Waals surface area contributed by atoms with Gasteiger partial charge in [0.05, 0.1) is 22.7 Å². The zero-order valence-corrected chi connectivity index (χ0v) is 23.4. The lowest BCUT2D eigenvalue weighted by Crippen LogP contribution is -2.50. The third-order valence-electron chi connectivity index (χ3n) is 7.54. The smallest absolute Gasteiger partial charge is 0.242 e. The van der Waals surface area contributed by atoms with Gasteiger partial charge in [-0.05, 0) is 59.9 Å². The Hall–Kier alpha value is -3.51. The van der Waals surface area contributed by atoms with Crippen molar-refractivity contribution >= 4 is 46.4 Å². The zero-order valence-electron chi connectivity index (χ0n) is 21.9. The Morgan fingerprint density at radius 1 is 1.12 bits per heavy atom. The number of amides is 2. The summed E-state index contributed by atoms with van der Waals surface area (Å²) in [5, 5.41) is 17.9. The predicted molar refractivity (Wildman–Crippen MR) is 150 cm³/mol. The number of nitrogens with one attached hydrogen (secondary N) is 3. The van der Waals surface area contributed by atoms with Crippen LogP contribution in [0.5, 0.6) is 0 Å². The van der Waals surface area contributed by atoms with Crippen molar-refractivity contribution < 1.29 is 18.4 Å². The largest absolute Gasteiger partial charge is 0.325 e. The molecule has 0 saturated carbocycles. The van der Waals surface area contributed by atoms with Crippen LogP contribution in [0.1, 0.15) is 49.8 Å². The van der Waals surface area contributed by atoms with E-state index in [1.807, 2.05) is 26.8 Å². The lowest BCUT2D eigenvalue weighted by molar-refractivity contribution is -0.122. The Bertz CT molecular complexity index is 1570. The Morgan fingerprint density at radius 2 is 1.82 bits per heavy atom. The van der Waals surface area contributed by atoms with Crippen molar-refractivity contribution in [1.29, 1.82) is 5.26 Å². The van der Waals surface area contributed by atoms with E-state index in [-0.39, 0.29) is 32.3 Å². The number of hydrogen-bond acceptors (Lipinski definition) is 4. The van der Waals surface area contributed by atoms with E-state index in [1.54, 1.807) is 24.3 Å². The highest BCUT2D eigenvalue weighted by molar-refractivity contribution is 6.31. The van der Waals surface area contributed by atoms with E-state index >= 15 is 8.78 Å². The fourth-order valence-corrected chi connectivity index (χ4v) is 6.46. The standard InChI is InChI=1S/C30H26Cl2F2N4O2/c1-29(2,3)13-22-30(24-20(33)11-16(31)12-21(24)37-28(30)40)23(18-5-4-6-19(32)25(18)34)26(38-22)27(39)36-17-9-7-15(14-35)8-10-17/h4-12,22-23,26,38H,13H2,1-3H3,(H,36,39)(H,37,40)/t22-,23+,26+,30?/m0/s1. The molecule has 206 valence electrons. The maximum Gasteiger partial charge on any atom is 0.242 e. The van der Waals surface area contributed by atoms with Crippen LogP contribution in [-0.4, -0.2) is 23.9 Å². The summed E-state index contributed by atoms with van der Waals surface area (Å²) in [6.07, 6.45) is 0.348. The second kappa shape index (κ2) is 10.2. The van der Waals surface area contributed by atoms with Crippen LogP contribution in [-0.2, 0) is 15.0 Å². The number of benzene rings is 3. The fourth-order valence-electron chi connectivity index (χ4n) is 6.08. The van der Waals surface area contributed by atoms with Crippen LogP contribution < -0.4 is 16.0 Å². The molecule has 0 aliphatic carbocycles. The first-order valence-electron chi connectivity index (χ1n) is 12.7. The van der Waals surface area contributed by atoms with Crippen LogP contribution in [0.3, 0.4) is 0 Å². The van der Waals surface area contributed by atoms with Gasteiger partial charge in [0.15, 0.2) is 0 Å². The van der Waals surface area contributed by atoms with E-state index in [0.717, 1.165) is 6.07 Å². The number of rotatable bonds is 4. The molecule has 2 aliphatic rings. The fraction of sp³-hybridized carbons (Fsp3) is 0.300. The average molecular weight is 583 g/mol. The average Bonchev–Trinajstić information content (AvgIpc) is 3.35. The molecule has 2 aliphatic heterocycles. The maximum absolute atomic E-state index is 15.9. The molecule has 5 rings (SSSR count). The molecule has 40 heavy (non-hydrogen) atoms. The number of nitriles is 1. The molecule has 6 nitrogen and oxygen atoms in total. The van der Waals surface area contributed by atoms with Crippen molar-refractivity contribution in [2.24, 2.45) is 5.41 Å². The summed E-state index contributed by atoms with van der Waals surface area (Å²) in [6, 6.07) is 13.3. The van der Waals surface area contributed by atoms with Crippen LogP contribution in [0.25, 0.3) is 0 Å². The van der Waals surface area contributed by atoms with Crippen molar-refractivity contribution in [3.63, 3.8) is 0 Å². The van der Waals surface area contributed by atoms with Crippen LogP contribution in [0.2, 0.25) is 10.0 Å². The van der Waals surface area contributed by atoms with Crippen molar-refractivity contribution in [2.45, 2.75) is 50.6 Å². The van der Waals surface area contributed by atoms with Gasteiger partial charge < -0.3 is 16.0 Å². The number of carbonyl (C=O) groups excluding carboxylic acids is 2. The first kappa shape index (κ1) is 28.0. The molecule has 2 amide bonds. The second-order valence-corrected chi connectivity index (χ2v) is 12.2. The van der Waals surface area contributed by atoms with Crippen LogP contribution in [0, 0.1) is 28.4 Å². The second-order valence-electron chi connectivity index (χ2n) is 11.4. The highest BCUT2D eigenvalue weighted by atomic mass is 35.5. The normalized spacial score (nSPS) is 23.6. The highest BCUT2D eigenvalue weighted by Gasteiger charge is 2.67. The van der Waals surface area contributed by atoms with E-state index in [1.165, 1.54) is 24.3 Å². The van der Waals surface area contributed by atoms with Gasteiger partial charge in [0.1, 0.15) is 17.0 Å². The van der Waals surface area contributed by atoms with Crippen LogP contribution in [0.15, 0.2) is 54.6 Å². The first-order valence-corrected chi connectivity index (χ1v) is 13.4. The molecule has 4 atom stereocenters. The Balaban J connectivity index is 1.74. The van der Waals surface area contributed by atoms with Crippen molar-refractivity contribution in [2.75, 3.05) is 10.6 Å². The van der Waals surface area contributed by atoms with Gasteiger partial charge in [-0.15, -0.1) is 0 Å². The molecule has 3 aromatic rings. The molecule has 1 fully saturated rings. The molecular formula is C30H26Cl2F2N4O2. The molecule has 3 aromatic carbocycles. The highest BCUT2D eigenvalue weighted by Crippen LogP contribution is 2.58. The Kier molecular flexibility index (Phi) is 7.11. The van der Waals surface area contributed by atoms with Gasteiger partial charge in [-0.2, -0.15) is 5.26 Å². The third-order valence-corrected chi connectivity index (χ3v) is 8.05. The van der Waals surface area contributed by atoms with Gasteiger partial charge in [-0.1, -0.05) is 56.1 Å². The van der Waals surface area contributed by atoms with Crippen molar-refractivity contribution in [3.05, 3.63) is 93.0 Å². The van der Waals surface area contributed by atoms with Crippen LogP contribution in [0.4, 0.5) is 20.2 Å². The van der Waals surface area contributed by atoms with E-state index in [2.05, 4.69) is 16.0 Å². The number of carbonyl (C=O) groups is 2. The summed E-state index contributed by atoms with van der Waals surface area (Å²) in [7, 11) is 0. The van der Waals surface area contributed by atoms with Gasteiger partial charge >= 0.3 is 0 Å². The van der Waals surface area contributed by atoms with E-state index in [0.29, 0.717) is 17.7 Å². The maximum atomic E-state index is 15.9. The Labute approximate surface area is 240 Å². The molecular weight excluding hydrogens is 557 g/mol. The van der Waals surface area contributed by atoms with Gasteiger partial charge in [0, 0.05) is 33.9 Å². The summed E-state index contributed by atoms with van der Waals surface area (Å²) < 4.78 is 31.7. The number of fused-ring (bicyclic) bond motifs is 2. The topological polar surface area (TPSA) is 94.0 Å². The molecule has 0 aromatic heterocycles. The molecule has 1 unspecified atom stereocenters. The predicted octanol–water partition coefficient (Wildman–Crippen LogP) is 6.53.